The lowest BCUT2D eigenvalue weighted by Gasteiger charge is -2.06. The van der Waals surface area contributed by atoms with Gasteiger partial charge in [0.15, 0.2) is 0 Å². The van der Waals surface area contributed by atoms with Gasteiger partial charge in [-0.15, -0.1) is 0 Å². The lowest BCUT2D eigenvalue weighted by Crippen LogP contribution is -2.00. The summed E-state index contributed by atoms with van der Waals surface area (Å²) in [6.07, 6.45) is 0. The van der Waals surface area contributed by atoms with Gasteiger partial charge in [-0.25, -0.2) is 0 Å². The highest BCUT2D eigenvalue weighted by molar-refractivity contribution is 5.34. The minimum atomic E-state index is 0.316. The molecule has 2 N–H and O–H groups in total. The van der Waals surface area contributed by atoms with Crippen LogP contribution in [0.2, 0.25) is 0 Å². The van der Waals surface area contributed by atoms with Crippen LogP contribution in [0, 0.1) is 0 Å². The Hall–Kier alpha value is -2.73. The number of tetrazole rings is 1. The number of rotatable bonds is 4. The zero-order valence-corrected chi connectivity index (χ0v) is 10.7. The molecule has 0 atom stereocenters. The van der Waals surface area contributed by atoms with Gasteiger partial charge in [0.1, 0.15) is 5.75 Å². The zero-order chi connectivity index (χ0) is 13.8. The van der Waals surface area contributed by atoms with E-state index in [2.05, 4.69) is 15.5 Å². The molecular weight excluding hydrogens is 254 g/mol. The summed E-state index contributed by atoms with van der Waals surface area (Å²) in [6.45, 7) is 0.502. The van der Waals surface area contributed by atoms with Gasteiger partial charge in [-0.1, -0.05) is 35.4 Å². The normalized spacial score (nSPS) is 10.4. The minimum absolute atomic E-state index is 0.316. The minimum Gasteiger partial charge on any atom is -0.423 e. The Morgan fingerprint density at radius 1 is 1.00 bits per heavy atom. The highest BCUT2D eigenvalue weighted by Crippen LogP contribution is 2.21. The third kappa shape index (κ3) is 2.50. The monoisotopic (exact) mass is 267 g/mol. The molecule has 2 aromatic carbocycles. The molecule has 0 unspecified atom stereocenters. The van der Waals surface area contributed by atoms with Crippen LogP contribution in [-0.4, -0.2) is 20.2 Å². The van der Waals surface area contributed by atoms with E-state index in [0.717, 1.165) is 11.3 Å². The smallest absolute Gasteiger partial charge is 0.345 e. The Kier molecular flexibility index (Phi) is 3.38. The van der Waals surface area contributed by atoms with Crippen LogP contribution < -0.4 is 10.5 Å². The van der Waals surface area contributed by atoms with Gasteiger partial charge in [0.05, 0.1) is 5.69 Å². The maximum Gasteiger partial charge on any atom is 0.345 e. The first-order chi connectivity index (χ1) is 9.86. The van der Waals surface area contributed by atoms with E-state index < -0.39 is 0 Å². The van der Waals surface area contributed by atoms with Crippen molar-refractivity contribution >= 4 is 0 Å². The van der Waals surface area contributed by atoms with Crippen LogP contribution in [0.25, 0.3) is 5.69 Å². The maximum absolute atomic E-state index is 5.69. The van der Waals surface area contributed by atoms with E-state index >= 15 is 0 Å². The van der Waals surface area contributed by atoms with Crippen LogP contribution in [0.5, 0.6) is 11.8 Å². The molecule has 6 heteroatoms. The molecule has 0 aliphatic rings. The van der Waals surface area contributed by atoms with E-state index in [1.54, 1.807) is 0 Å². The number of ether oxygens (including phenoxy) is 1. The molecule has 0 fully saturated rings. The average molecular weight is 267 g/mol. The van der Waals surface area contributed by atoms with Gasteiger partial charge < -0.3 is 10.5 Å². The predicted octanol–water partition coefficient (Wildman–Crippen LogP) is 1.91. The van der Waals surface area contributed by atoms with Gasteiger partial charge in [0.25, 0.3) is 0 Å². The Morgan fingerprint density at radius 3 is 2.45 bits per heavy atom. The molecule has 3 aromatic rings. The Bertz CT molecular complexity index is 678. The third-order valence-electron chi connectivity index (χ3n) is 2.81. The second-order valence-corrected chi connectivity index (χ2v) is 4.16. The molecule has 0 aliphatic carbocycles. The molecule has 0 saturated carbocycles. The molecule has 20 heavy (non-hydrogen) atoms. The van der Waals surface area contributed by atoms with Crippen molar-refractivity contribution in [2.24, 2.45) is 5.73 Å². The molecule has 1 aromatic heterocycles. The molecule has 0 spiro atoms. The molecule has 100 valence electrons. The van der Waals surface area contributed by atoms with Crippen molar-refractivity contribution in [1.29, 1.82) is 0 Å². The fourth-order valence-corrected chi connectivity index (χ4v) is 1.77. The molecule has 0 radical (unpaired) electrons. The quantitative estimate of drug-likeness (QED) is 0.781. The van der Waals surface area contributed by atoms with Gasteiger partial charge in [0, 0.05) is 6.54 Å². The number of hydrogen-bond donors (Lipinski definition) is 1. The lowest BCUT2D eigenvalue weighted by molar-refractivity contribution is 0.427. The SMILES string of the molecule is NCc1ccc(Oc2nnnn2-c2ccccc2)cc1. The molecule has 1 heterocycles. The molecule has 0 bridgehead atoms. The van der Waals surface area contributed by atoms with Crippen LogP contribution in [0.1, 0.15) is 5.56 Å². The van der Waals surface area contributed by atoms with E-state index in [1.165, 1.54) is 4.68 Å². The van der Waals surface area contributed by atoms with E-state index in [1.807, 2.05) is 54.6 Å². The van der Waals surface area contributed by atoms with Gasteiger partial charge in [-0.05, 0) is 40.3 Å². The van der Waals surface area contributed by atoms with Gasteiger partial charge >= 0.3 is 6.01 Å². The fourth-order valence-electron chi connectivity index (χ4n) is 1.77. The summed E-state index contributed by atoms with van der Waals surface area (Å²) >= 11 is 0. The maximum atomic E-state index is 5.69. The Labute approximate surface area is 115 Å². The van der Waals surface area contributed by atoms with Gasteiger partial charge in [0.2, 0.25) is 0 Å². The van der Waals surface area contributed by atoms with E-state index in [0.29, 0.717) is 18.3 Å². The number of para-hydroxylation sites is 1. The van der Waals surface area contributed by atoms with Crippen LogP contribution >= 0.6 is 0 Å². The van der Waals surface area contributed by atoms with Crippen LogP contribution in [0.3, 0.4) is 0 Å². The summed E-state index contributed by atoms with van der Waals surface area (Å²) in [7, 11) is 0. The first kappa shape index (κ1) is 12.3. The topological polar surface area (TPSA) is 78.8 Å². The molecule has 3 rings (SSSR count). The van der Waals surface area contributed by atoms with Crippen molar-refractivity contribution < 1.29 is 4.74 Å². The zero-order valence-electron chi connectivity index (χ0n) is 10.7. The summed E-state index contributed by atoms with van der Waals surface area (Å²) in [5, 5.41) is 11.5. The number of nitrogens with zero attached hydrogens (tertiary/aromatic N) is 4. The summed E-state index contributed by atoms with van der Waals surface area (Å²) in [5.41, 5.74) is 7.44. The summed E-state index contributed by atoms with van der Waals surface area (Å²) in [6, 6.07) is 17.4. The van der Waals surface area contributed by atoms with Crippen molar-refractivity contribution in [1.82, 2.24) is 20.2 Å². The first-order valence-corrected chi connectivity index (χ1v) is 6.17. The Morgan fingerprint density at radius 2 is 1.75 bits per heavy atom. The summed E-state index contributed by atoms with van der Waals surface area (Å²) < 4.78 is 7.23. The largest absolute Gasteiger partial charge is 0.423 e. The molecule has 0 amide bonds. The second-order valence-electron chi connectivity index (χ2n) is 4.16. The molecular formula is C14H13N5O. The van der Waals surface area contributed by atoms with Crippen molar-refractivity contribution in [3.8, 4) is 17.4 Å². The standard InChI is InChI=1S/C14H13N5O/c15-10-11-6-8-13(9-7-11)20-14-16-17-18-19(14)12-4-2-1-3-5-12/h1-9H,10,15H2. The van der Waals surface area contributed by atoms with E-state index in [9.17, 15) is 0 Å². The molecule has 6 nitrogen and oxygen atoms in total. The Balaban J connectivity index is 1.86. The number of nitrogens with two attached hydrogens (primary N) is 1. The van der Waals surface area contributed by atoms with Crippen LogP contribution in [-0.2, 0) is 6.54 Å². The highest BCUT2D eigenvalue weighted by Gasteiger charge is 2.10. The van der Waals surface area contributed by atoms with Crippen molar-refractivity contribution in [2.75, 3.05) is 0 Å². The van der Waals surface area contributed by atoms with Crippen LogP contribution in [0.15, 0.2) is 54.6 Å². The van der Waals surface area contributed by atoms with Crippen molar-refractivity contribution in [2.45, 2.75) is 6.54 Å². The number of benzene rings is 2. The molecule has 0 aliphatic heterocycles. The average Bonchev–Trinajstić information content (AvgIpc) is 2.97. The number of hydrogen-bond acceptors (Lipinski definition) is 5. The van der Waals surface area contributed by atoms with Crippen molar-refractivity contribution in [3.05, 3.63) is 60.2 Å². The van der Waals surface area contributed by atoms with Gasteiger partial charge in [-0.3, -0.25) is 0 Å². The highest BCUT2D eigenvalue weighted by atomic mass is 16.5. The lowest BCUT2D eigenvalue weighted by atomic mass is 10.2. The molecule has 0 saturated heterocycles. The van der Waals surface area contributed by atoms with E-state index in [-0.39, 0.29) is 0 Å². The summed E-state index contributed by atoms with van der Waals surface area (Å²) in [5.74, 6) is 0.661. The summed E-state index contributed by atoms with van der Waals surface area (Å²) in [4.78, 5) is 0. The fraction of sp³-hybridized carbons (Fsp3) is 0.0714. The predicted molar refractivity (Wildman–Crippen MR) is 73.6 cm³/mol. The first-order valence-electron chi connectivity index (χ1n) is 6.17. The third-order valence-corrected chi connectivity index (χ3v) is 2.81. The van der Waals surface area contributed by atoms with Gasteiger partial charge in [-0.2, -0.15) is 4.68 Å². The van der Waals surface area contributed by atoms with E-state index in [4.69, 9.17) is 10.5 Å². The van der Waals surface area contributed by atoms with Crippen LogP contribution in [0.4, 0.5) is 0 Å². The van der Waals surface area contributed by atoms with Crippen molar-refractivity contribution in [3.63, 3.8) is 0 Å². The number of aromatic nitrogens is 4. The second kappa shape index (κ2) is 5.50.